The highest BCUT2D eigenvalue weighted by atomic mass is 16.5. The summed E-state index contributed by atoms with van der Waals surface area (Å²) in [5.74, 6) is 0.769. The molecule has 4 aromatic rings. The smallest absolute Gasteiger partial charge is 0.296 e. The van der Waals surface area contributed by atoms with Gasteiger partial charge in [0, 0.05) is 22.8 Å². The Kier molecular flexibility index (Phi) is 3.57. The highest BCUT2D eigenvalue weighted by molar-refractivity contribution is 6.07. The minimum Gasteiger partial charge on any atom is -0.497 e. The van der Waals surface area contributed by atoms with Crippen molar-refractivity contribution in [2.75, 3.05) is 7.11 Å². The molecule has 25 heavy (non-hydrogen) atoms. The molecule has 0 bridgehead atoms. The minimum absolute atomic E-state index is 0.111. The van der Waals surface area contributed by atoms with Crippen molar-refractivity contribution >= 4 is 21.8 Å². The molecule has 0 amide bonds. The zero-order chi connectivity index (χ0) is 17.6. The van der Waals surface area contributed by atoms with Gasteiger partial charge in [-0.05, 0) is 49.7 Å². The van der Waals surface area contributed by atoms with Gasteiger partial charge in [-0.15, -0.1) is 0 Å². The summed E-state index contributed by atoms with van der Waals surface area (Å²) in [7, 11) is 1.64. The maximum atomic E-state index is 13.2. The van der Waals surface area contributed by atoms with Gasteiger partial charge < -0.3 is 9.30 Å². The molecule has 2 aromatic heterocycles. The Morgan fingerprint density at radius 2 is 1.96 bits per heavy atom. The first-order valence-electron chi connectivity index (χ1n) is 8.29. The molecule has 0 aliphatic heterocycles. The van der Waals surface area contributed by atoms with Crippen LogP contribution in [0.25, 0.3) is 27.5 Å². The van der Waals surface area contributed by atoms with E-state index in [1.807, 2.05) is 60.9 Å². The SMILES string of the molecule is CCn1c2ccc(OC)cc2c2cnn(-c3cccc(C)c3)c(=O)c21. The van der Waals surface area contributed by atoms with Crippen molar-refractivity contribution < 1.29 is 4.74 Å². The Balaban J connectivity index is 2.10. The zero-order valence-electron chi connectivity index (χ0n) is 14.5. The van der Waals surface area contributed by atoms with Crippen molar-refractivity contribution in [1.82, 2.24) is 14.3 Å². The van der Waals surface area contributed by atoms with Crippen molar-refractivity contribution in [1.29, 1.82) is 0 Å². The second kappa shape index (κ2) is 5.77. The molecular formula is C20H19N3O2. The van der Waals surface area contributed by atoms with Crippen molar-refractivity contribution in [2.45, 2.75) is 20.4 Å². The number of rotatable bonds is 3. The molecule has 5 heteroatoms. The van der Waals surface area contributed by atoms with E-state index in [-0.39, 0.29) is 5.56 Å². The van der Waals surface area contributed by atoms with E-state index in [4.69, 9.17) is 4.74 Å². The number of aryl methyl sites for hydroxylation is 2. The van der Waals surface area contributed by atoms with Crippen LogP contribution in [0.1, 0.15) is 12.5 Å². The lowest BCUT2D eigenvalue weighted by molar-refractivity contribution is 0.415. The molecule has 0 radical (unpaired) electrons. The molecule has 0 fully saturated rings. The fourth-order valence-corrected chi connectivity index (χ4v) is 3.39. The van der Waals surface area contributed by atoms with Crippen LogP contribution in [-0.2, 0) is 6.54 Å². The van der Waals surface area contributed by atoms with Crippen LogP contribution in [0.15, 0.2) is 53.5 Å². The molecule has 5 nitrogen and oxygen atoms in total. The molecule has 2 heterocycles. The molecule has 4 rings (SSSR count). The first-order chi connectivity index (χ1) is 12.1. The maximum Gasteiger partial charge on any atom is 0.296 e. The van der Waals surface area contributed by atoms with Crippen LogP contribution in [0, 0.1) is 6.92 Å². The van der Waals surface area contributed by atoms with Crippen molar-refractivity contribution in [3.63, 3.8) is 0 Å². The summed E-state index contributed by atoms with van der Waals surface area (Å²) in [4.78, 5) is 13.2. The van der Waals surface area contributed by atoms with Crippen LogP contribution in [0.5, 0.6) is 5.75 Å². The van der Waals surface area contributed by atoms with Crippen molar-refractivity contribution in [2.24, 2.45) is 0 Å². The Morgan fingerprint density at radius 1 is 1.12 bits per heavy atom. The van der Waals surface area contributed by atoms with Crippen LogP contribution in [-0.4, -0.2) is 21.5 Å². The van der Waals surface area contributed by atoms with E-state index in [0.29, 0.717) is 12.1 Å². The molecule has 0 aliphatic rings. The van der Waals surface area contributed by atoms with E-state index >= 15 is 0 Å². The van der Waals surface area contributed by atoms with E-state index in [1.54, 1.807) is 13.3 Å². The lowest BCUT2D eigenvalue weighted by atomic mass is 10.2. The Hall–Kier alpha value is -3.08. The molecule has 0 unspecified atom stereocenters. The van der Waals surface area contributed by atoms with Crippen molar-refractivity contribution in [3.05, 3.63) is 64.6 Å². The molecule has 0 saturated carbocycles. The van der Waals surface area contributed by atoms with Gasteiger partial charge in [0.15, 0.2) is 0 Å². The van der Waals surface area contributed by atoms with Gasteiger partial charge >= 0.3 is 0 Å². The number of hydrogen-bond donors (Lipinski definition) is 0. The zero-order valence-corrected chi connectivity index (χ0v) is 14.5. The standard InChI is InChI=1S/C20H19N3O2/c1-4-22-18-9-8-15(25-3)11-16(18)17-12-21-23(20(24)19(17)22)14-7-5-6-13(2)10-14/h5-12H,4H2,1-3H3. The monoisotopic (exact) mass is 333 g/mol. The topological polar surface area (TPSA) is 49.0 Å². The summed E-state index contributed by atoms with van der Waals surface area (Å²) in [6, 6.07) is 13.7. The predicted molar refractivity (Wildman–Crippen MR) is 99.8 cm³/mol. The highest BCUT2D eigenvalue weighted by Gasteiger charge is 2.16. The fraction of sp³-hybridized carbons (Fsp3) is 0.200. The number of methoxy groups -OCH3 is 1. The summed E-state index contributed by atoms with van der Waals surface area (Å²) in [6.45, 7) is 4.75. The maximum absolute atomic E-state index is 13.2. The first-order valence-corrected chi connectivity index (χ1v) is 8.29. The highest BCUT2D eigenvalue weighted by Crippen LogP contribution is 2.29. The lowest BCUT2D eigenvalue weighted by Gasteiger charge is -2.07. The largest absolute Gasteiger partial charge is 0.497 e. The van der Waals surface area contributed by atoms with E-state index in [0.717, 1.165) is 33.3 Å². The van der Waals surface area contributed by atoms with Gasteiger partial charge in [-0.1, -0.05) is 12.1 Å². The molecule has 2 aromatic carbocycles. The predicted octanol–water partition coefficient (Wildman–Crippen LogP) is 3.68. The number of fused-ring (bicyclic) bond motifs is 3. The Bertz CT molecular complexity index is 1150. The number of hydrogen-bond acceptors (Lipinski definition) is 3. The molecule has 0 atom stereocenters. The van der Waals surface area contributed by atoms with Gasteiger partial charge in [0.1, 0.15) is 11.3 Å². The van der Waals surface area contributed by atoms with Crippen LogP contribution in [0.2, 0.25) is 0 Å². The second-order valence-electron chi connectivity index (χ2n) is 6.09. The lowest BCUT2D eigenvalue weighted by Crippen LogP contribution is -2.22. The summed E-state index contributed by atoms with van der Waals surface area (Å²) in [5.41, 5.74) is 3.44. The average molecular weight is 333 g/mol. The molecule has 0 aliphatic carbocycles. The fourth-order valence-electron chi connectivity index (χ4n) is 3.39. The van der Waals surface area contributed by atoms with Gasteiger partial charge in [0.2, 0.25) is 0 Å². The molecular weight excluding hydrogens is 314 g/mol. The third-order valence-electron chi connectivity index (χ3n) is 4.57. The number of nitrogens with zero attached hydrogens (tertiary/aromatic N) is 3. The molecule has 0 N–H and O–H groups in total. The van der Waals surface area contributed by atoms with Gasteiger partial charge in [0.25, 0.3) is 5.56 Å². The average Bonchev–Trinajstić information content (AvgIpc) is 2.95. The number of ether oxygens (including phenoxy) is 1. The molecule has 0 saturated heterocycles. The third kappa shape index (κ3) is 2.31. The van der Waals surface area contributed by atoms with Gasteiger partial charge in [0.05, 0.1) is 19.0 Å². The van der Waals surface area contributed by atoms with Gasteiger partial charge in [-0.2, -0.15) is 9.78 Å². The van der Waals surface area contributed by atoms with Crippen LogP contribution >= 0.6 is 0 Å². The Labute approximate surface area is 145 Å². The Morgan fingerprint density at radius 3 is 2.68 bits per heavy atom. The van der Waals surface area contributed by atoms with Gasteiger partial charge in [-0.3, -0.25) is 4.79 Å². The van der Waals surface area contributed by atoms with E-state index in [9.17, 15) is 4.79 Å². The quantitative estimate of drug-likeness (QED) is 0.575. The van der Waals surface area contributed by atoms with Gasteiger partial charge in [-0.25, -0.2) is 0 Å². The van der Waals surface area contributed by atoms with Crippen LogP contribution in [0.3, 0.4) is 0 Å². The first kappa shape index (κ1) is 15.4. The van der Waals surface area contributed by atoms with Crippen LogP contribution < -0.4 is 10.3 Å². The summed E-state index contributed by atoms with van der Waals surface area (Å²) in [6.07, 6.45) is 1.77. The normalized spacial score (nSPS) is 11.3. The molecule has 126 valence electrons. The summed E-state index contributed by atoms with van der Waals surface area (Å²) < 4.78 is 8.85. The number of benzene rings is 2. The number of aromatic nitrogens is 3. The second-order valence-corrected chi connectivity index (χ2v) is 6.09. The van der Waals surface area contributed by atoms with Crippen LogP contribution in [0.4, 0.5) is 0 Å². The van der Waals surface area contributed by atoms with E-state index < -0.39 is 0 Å². The van der Waals surface area contributed by atoms with Crippen molar-refractivity contribution in [3.8, 4) is 11.4 Å². The molecule has 0 spiro atoms. The summed E-state index contributed by atoms with van der Waals surface area (Å²) in [5, 5.41) is 6.26. The third-order valence-corrected chi connectivity index (χ3v) is 4.57. The summed E-state index contributed by atoms with van der Waals surface area (Å²) >= 11 is 0. The van der Waals surface area contributed by atoms with E-state index in [2.05, 4.69) is 5.10 Å². The minimum atomic E-state index is -0.111. The van der Waals surface area contributed by atoms with E-state index in [1.165, 1.54) is 4.68 Å².